The average Bonchev–Trinajstić information content (AvgIpc) is 3.38. The second-order valence-corrected chi connectivity index (χ2v) is 7.40. The summed E-state index contributed by atoms with van der Waals surface area (Å²) in [5, 5.41) is 15.6. The van der Waals surface area contributed by atoms with E-state index >= 15 is 0 Å². The summed E-state index contributed by atoms with van der Waals surface area (Å²) in [6.07, 6.45) is 5.46. The van der Waals surface area contributed by atoms with Gasteiger partial charge in [-0.05, 0) is 43.9 Å². The van der Waals surface area contributed by atoms with Crippen LogP contribution in [0.15, 0.2) is 29.3 Å². The molecular formula is C21H29N5O. The lowest BCUT2D eigenvalue weighted by molar-refractivity contribution is -0.134. The molecule has 144 valence electrons. The van der Waals surface area contributed by atoms with Crippen LogP contribution in [0.2, 0.25) is 0 Å². The van der Waals surface area contributed by atoms with Crippen LogP contribution in [0.3, 0.4) is 0 Å². The zero-order valence-corrected chi connectivity index (χ0v) is 16.1. The van der Waals surface area contributed by atoms with E-state index < -0.39 is 0 Å². The van der Waals surface area contributed by atoms with E-state index in [0.29, 0.717) is 18.0 Å². The smallest absolute Gasteiger partial charge is 0.225 e. The van der Waals surface area contributed by atoms with Crippen LogP contribution in [-0.2, 0) is 11.3 Å². The largest absolute Gasteiger partial charge is 0.357 e. The molecule has 1 aromatic carbocycles. The molecule has 1 atom stereocenters. The molecular weight excluding hydrogens is 338 g/mol. The molecule has 6 heteroatoms. The van der Waals surface area contributed by atoms with Crippen molar-refractivity contribution in [3.8, 4) is 6.07 Å². The van der Waals surface area contributed by atoms with Crippen molar-refractivity contribution in [3.05, 3.63) is 35.4 Å². The number of aliphatic imine (C=N–C) groups is 1. The van der Waals surface area contributed by atoms with Crippen LogP contribution in [0, 0.1) is 17.2 Å². The monoisotopic (exact) mass is 367 g/mol. The summed E-state index contributed by atoms with van der Waals surface area (Å²) in [6, 6.07) is 9.87. The van der Waals surface area contributed by atoms with Gasteiger partial charge in [0.1, 0.15) is 0 Å². The molecule has 0 radical (unpaired) electrons. The van der Waals surface area contributed by atoms with Gasteiger partial charge in [-0.15, -0.1) is 0 Å². The zero-order valence-electron chi connectivity index (χ0n) is 16.1. The predicted molar refractivity (Wildman–Crippen MR) is 106 cm³/mol. The highest BCUT2D eigenvalue weighted by molar-refractivity contribution is 5.81. The molecule has 6 nitrogen and oxygen atoms in total. The summed E-state index contributed by atoms with van der Waals surface area (Å²) in [5.41, 5.74) is 1.72. The van der Waals surface area contributed by atoms with Crippen LogP contribution in [0.5, 0.6) is 0 Å². The number of guanidine groups is 1. The second-order valence-electron chi connectivity index (χ2n) is 7.40. The van der Waals surface area contributed by atoms with E-state index in [9.17, 15) is 4.79 Å². The number of nitrogens with zero attached hydrogens (tertiary/aromatic N) is 3. The Labute approximate surface area is 161 Å². The lowest BCUT2D eigenvalue weighted by Gasteiger charge is -2.21. The van der Waals surface area contributed by atoms with E-state index in [2.05, 4.69) is 21.7 Å². The Bertz CT molecular complexity index is 700. The number of carbonyl (C=O) groups excluding carboxylic acids is 1. The Kier molecular flexibility index (Phi) is 6.69. The minimum atomic E-state index is 0.245. The van der Waals surface area contributed by atoms with Gasteiger partial charge in [0.05, 0.1) is 18.2 Å². The van der Waals surface area contributed by atoms with Crippen molar-refractivity contribution in [1.82, 2.24) is 15.5 Å². The first kappa shape index (κ1) is 19.2. The van der Waals surface area contributed by atoms with Crippen molar-refractivity contribution in [3.63, 3.8) is 0 Å². The molecule has 0 aromatic heterocycles. The number of hydrogen-bond acceptors (Lipinski definition) is 3. The number of nitrogens with one attached hydrogen (secondary N) is 2. The first-order valence-electron chi connectivity index (χ1n) is 10.0. The molecule has 0 spiro atoms. The number of hydrogen-bond donors (Lipinski definition) is 2. The highest BCUT2D eigenvalue weighted by atomic mass is 16.2. The van der Waals surface area contributed by atoms with Gasteiger partial charge >= 0.3 is 0 Å². The Morgan fingerprint density at radius 3 is 2.67 bits per heavy atom. The van der Waals surface area contributed by atoms with Gasteiger partial charge in [-0.25, -0.2) is 4.99 Å². The topological polar surface area (TPSA) is 80.5 Å². The maximum Gasteiger partial charge on any atom is 0.225 e. The lowest BCUT2D eigenvalue weighted by Crippen LogP contribution is -2.45. The number of rotatable bonds is 5. The van der Waals surface area contributed by atoms with E-state index in [-0.39, 0.29) is 12.0 Å². The Balaban J connectivity index is 1.54. The van der Waals surface area contributed by atoms with Crippen molar-refractivity contribution in [2.24, 2.45) is 10.9 Å². The highest BCUT2D eigenvalue weighted by Gasteiger charge is 2.32. The van der Waals surface area contributed by atoms with Gasteiger partial charge in [-0.3, -0.25) is 4.79 Å². The van der Waals surface area contributed by atoms with Crippen LogP contribution in [0.1, 0.15) is 50.2 Å². The molecule has 1 heterocycles. The van der Waals surface area contributed by atoms with Crippen molar-refractivity contribution in [1.29, 1.82) is 5.26 Å². The molecule has 1 saturated heterocycles. The van der Waals surface area contributed by atoms with Crippen molar-refractivity contribution in [2.45, 2.75) is 51.6 Å². The van der Waals surface area contributed by atoms with Crippen LogP contribution in [0.4, 0.5) is 0 Å². The maximum absolute atomic E-state index is 12.6. The van der Waals surface area contributed by atoms with Gasteiger partial charge in [0.25, 0.3) is 0 Å². The third-order valence-electron chi connectivity index (χ3n) is 5.39. The first-order chi connectivity index (χ1) is 13.2. The zero-order chi connectivity index (χ0) is 19.1. The molecule has 2 aliphatic rings. The van der Waals surface area contributed by atoms with Crippen molar-refractivity contribution in [2.75, 3.05) is 19.6 Å². The lowest BCUT2D eigenvalue weighted by atomic mass is 10.1. The van der Waals surface area contributed by atoms with Gasteiger partial charge in [-0.2, -0.15) is 5.26 Å². The first-order valence-corrected chi connectivity index (χ1v) is 10.0. The molecule has 1 amide bonds. The van der Waals surface area contributed by atoms with Crippen molar-refractivity contribution >= 4 is 11.9 Å². The number of benzene rings is 1. The molecule has 27 heavy (non-hydrogen) atoms. The molecule has 1 saturated carbocycles. The summed E-state index contributed by atoms with van der Waals surface area (Å²) >= 11 is 0. The van der Waals surface area contributed by atoms with Gasteiger partial charge < -0.3 is 15.5 Å². The SMILES string of the molecule is CCNC(=NCc1ccc(C#N)cc1)NC1CCN(C(=O)C2CCCC2)C1. The number of carbonyl (C=O) groups is 1. The van der Waals surface area contributed by atoms with E-state index in [1.807, 2.05) is 36.1 Å². The average molecular weight is 367 g/mol. The van der Waals surface area contributed by atoms with E-state index in [0.717, 1.165) is 50.4 Å². The highest BCUT2D eigenvalue weighted by Crippen LogP contribution is 2.27. The van der Waals surface area contributed by atoms with E-state index in [1.165, 1.54) is 12.8 Å². The van der Waals surface area contributed by atoms with Crippen LogP contribution >= 0.6 is 0 Å². The second kappa shape index (κ2) is 9.40. The van der Waals surface area contributed by atoms with Gasteiger partial charge in [0.15, 0.2) is 5.96 Å². The van der Waals surface area contributed by atoms with E-state index in [4.69, 9.17) is 5.26 Å². The Hall–Kier alpha value is -2.55. The van der Waals surface area contributed by atoms with Gasteiger partial charge in [0, 0.05) is 31.6 Å². The fourth-order valence-electron chi connectivity index (χ4n) is 3.88. The summed E-state index contributed by atoms with van der Waals surface area (Å²) in [6.45, 7) is 4.98. The summed E-state index contributed by atoms with van der Waals surface area (Å²) in [7, 11) is 0. The quantitative estimate of drug-likeness (QED) is 0.619. The maximum atomic E-state index is 12.6. The molecule has 0 bridgehead atoms. The third-order valence-corrected chi connectivity index (χ3v) is 5.39. The molecule has 1 aliphatic heterocycles. The molecule has 1 unspecified atom stereocenters. The summed E-state index contributed by atoms with van der Waals surface area (Å²) in [4.78, 5) is 19.3. The standard InChI is InChI=1S/C21H29N5O/c1-2-23-21(24-14-17-9-7-16(13-22)8-10-17)25-19-11-12-26(15-19)20(27)18-5-3-4-6-18/h7-10,18-19H,2-6,11-12,14-15H2,1H3,(H2,23,24,25). The normalized spacial score (nSPS) is 20.5. The summed E-state index contributed by atoms with van der Waals surface area (Å²) < 4.78 is 0. The number of amides is 1. The molecule has 2 fully saturated rings. The fourth-order valence-corrected chi connectivity index (χ4v) is 3.88. The van der Waals surface area contributed by atoms with Crippen LogP contribution in [-0.4, -0.2) is 42.4 Å². The minimum Gasteiger partial charge on any atom is -0.357 e. The third kappa shape index (κ3) is 5.22. The van der Waals surface area contributed by atoms with Gasteiger partial charge in [0.2, 0.25) is 5.91 Å². The molecule has 2 N–H and O–H groups in total. The fraction of sp³-hybridized carbons (Fsp3) is 0.571. The Morgan fingerprint density at radius 1 is 1.26 bits per heavy atom. The predicted octanol–water partition coefficient (Wildman–Crippen LogP) is 2.40. The minimum absolute atomic E-state index is 0.245. The summed E-state index contributed by atoms with van der Waals surface area (Å²) in [5.74, 6) is 1.38. The number of likely N-dealkylation sites (tertiary alicyclic amines) is 1. The van der Waals surface area contributed by atoms with Crippen LogP contribution in [0.25, 0.3) is 0 Å². The Morgan fingerprint density at radius 2 is 2.00 bits per heavy atom. The molecule has 3 rings (SSSR count). The van der Waals surface area contributed by atoms with Crippen LogP contribution < -0.4 is 10.6 Å². The van der Waals surface area contributed by atoms with Crippen molar-refractivity contribution < 1.29 is 4.79 Å². The molecule has 1 aliphatic carbocycles. The van der Waals surface area contributed by atoms with E-state index in [1.54, 1.807) is 0 Å². The van der Waals surface area contributed by atoms with Gasteiger partial charge in [-0.1, -0.05) is 25.0 Å². The molecule has 1 aromatic rings. The number of nitriles is 1.